The van der Waals surface area contributed by atoms with Gasteiger partial charge in [-0.25, -0.2) is 4.99 Å². The zero-order chi connectivity index (χ0) is 13.7. The summed E-state index contributed by atoms with van der Waals surface area (Å²) in [4.78, 5) is 14.9. The van der Waals surface area contributed by atoms with E-state index in [1.165, 1.54) is 6.08 Å². The lowest BCUT2D eigenvalue weighted by atomic mass is 10.1. The lowest BCUT2D eigenvalue weighted by Crippen LogP contribution is -1.97. The second-order valence-electron chi connectivity index (χ2n) is 4.11. The summed E-state index contributed by atoms with van der Waals surface area (Å²) in [7, 11) is 0. The van der Waals surface area contributed by atoms with E-state index in [1.54, 1.807) is 18.2 Å². The first kappa shape index (κ1) is 13.0. The second kappa shape index (κ2) is 5.91. The molecule has 0 N–H and O–H groups in total. The van der Waals surface area contributed by atoms with E-state index in [2.05, 4.69) is 11.6 Å². The Kier molecular flexibility index (Phi) is 4.03. The Morgan fingerprint density at radius 1 is 1.32 bits per heavy atom. The SMILES string of the molecule is C=CC1=CCC=CC(C2=CC=C([N+](=O)[O-])CC=C2)=N1. The molecule has 19 heavy (non-hydrogen) atoms. The molecule has 1 heterocycles. The number of hydrogen-bond donors (Lipinski definition) is 0. The number of aliphatic imine (C=N–C) groups is 1. The monoisotopic (exact) mass is 254 g/mol. The molecular weight excluding hydrogens is 240 g/mol. The third kappa shape index (κ3) is 3.25. The molecule has 0 amide bonds. The Labute approximate surface area is 111 Å². The van der Waals surface area contributed by atoms with Gasteiger partial charge in [0.1, 0.15) is 0 Å². The maximum absolute atomic E-state index is 10.8. The van der Waals surface area contributed by atoms with E-state index >= 15 is 0 Å². The van der Waals surface area contributed by atoms with Crippen LogP contribution in [-0.4, -0.2) is 10.6 Å². The fraction of sp³-hybridized carbons (Fsp3) is 0.133. The van der Waals surface area contributed by atoms with Crippen molar-refractivity contribution in [3.05, 3.63) is 82.3 Å². The van der Waals surface area contributed by atoms with Crippen LogP contribution in [0, 0.1) is 10.1 Å². The minimum absolute atomic E-state index is 0.184. The van der Waals surface area contributed by atoms with Crippen LogP contribution in [0.2, 0.25) is 0 Å². The Balaban J connectivity index is 2.36. The van der Waals surface area contributed by atoms with Crippen molar-refractivity contribution in [3.8, 4) is 0 Å². The van der Waals surface area contributed by atoms with E-state index in [4.69, 9.17) is 0 Å². The van der Waals surface area contributed by atoms with Crippen molar-refractivity contribution in [3.63, 3.8) is 0 Å². The highest BCUT2D eigenvalue weighted by Gasteiger charge is 2.11. The van der Waals surface area contributed by atoms with Gasteiger partial charge >= 0.3 is 0 Å². The van der Waals surface area contributed by atoms with Crippen molar-refractivity contribution in [1.82, 2.24) is 0 Å². The molecule has 0 fully saturated rings. The van der Waals surface area contributed by atoms with Crippen molar-refractivity contribution in [2.75, 3.05) is 0 Å². The molecule has 0 bridgehead atoms. The van der Waals surface area contributed by atoms with Crippen LogP contribution in [0.4, 0.5) is 0 Å². The molecule has 1 aliphatic carbocycles. The predicted molar refractivity (Wildman–Crippen MR) is 76.4 cm³/mol. The van der Waals surface area contributed by atoms with Crippen molar-refractivity contribution < 1.29 is 4.92 Å². The standard InChI is InChI=1S/C15H14N2O2/c1-2-13-7-3-4-9-15(16-13)12-6-5-8-14(11-10-12)17(18)19/h2,4-7,9-11H,1,3,8H2. The molecule has 0 aromatic rings. The van der Waals surface area contributed by atoms with E-state index in [1.807, 2.05) is 24.3 Å². The average molecular weight is 254 g/mol. The third-order valence-electron chi connectivity index (χ3n) is 2.81. The summed E-state index contributed by atoms with van der Waals surface area (Å²) in [5, 5.41) is 10.8. The minimum Gasteiger partial charge on any atom is -0.259 e. The van der Waals surface area contributed by atoms with E-state index in [0.29, 0.717) is 6.42 Å². The molecule has 2 aliphatic rings. The van der Waals surface area contributed by atoms with Gasteiger partial charge in [0.25, 0.3) is 0 Å². The van der Waals surface area contributed by atoms with Crippen LogP contribution in [0.25, 0.3) is 0 Å². The Morgan fingerprint density at radius 2 is 2.16 bits per heavy atom. The highest BCUT2D eigenvalue weighted by molar-refractivity contribution is 6.11. The van der Waals surface area contributed by atoms with Crippen LogP contribution in [-0.2, 0) is 0 Å². The molecule has 0 radical (unpaired) electrons. The molecule has 0 spiro atoms. The van der Waals surface area contributed by atoms with Crippen LogP contribution < -0.4 is 0 Å². The maximum Gasteiger partial charge on any atom is 0.250 e. The highest BCUT2D eigenvalue weighted by Crippen LogP contribution is 2.17. The molecule has 0 atom stereocenters. The second-order valence-corrected chi connectivity index (χ2v) is 4.11. The number of nitrogens with zero attached hydrogens (tertiary/aromatic N) is 2. The molecule has 96 valence electrons. The lowest BCUT2D eigenvalue weighted by Gasteiger charge is -2.01. The number of rotatable bonds is 3. The van der Waals surface area contributed by atoms with Gasteiger partial charge in [-0.1, -0.05) is 30.9 Å². The molecule has 1 aliphatic heterocycles. The normalized spacial score (nSPS) is 18.5. The van der Waals surface area contributed by atoms with E-state index in [-0.39, 0.29) is 10.6 Å². The van der Waals surface area contributed by atoms with Crippen molar-refractivity contribution >= 4 is 5.71 Å². The molecule has 4 heteroatoms. The van der Waals surface area contributed by atoms with Crippen LogP contribution in [0.3, 0.4) is 0 Å². The lowest BCUT2D eigenvalue weighted by molar-refractivity contribution is -0.426. The largest absolute Gasteiger partial charge is 0.259 e. The summed E-state index contributed by atoms with van der Waals surface area (Å²) in [6.45, 7) is 3.72. The topological polar surface area (TPSA) is 55.5 Å². The van der Waals surface area contributed by atoms with Crippen molar-refractivity contribution in [1.29, 1.82) is 0 Å². The van der Waals surface area contributed by atoms with Gasteiger partial charge < -0.3 is 0 Å². The maximum atomic E-state index is 10.8. The molecule has 0 saturated heterocycles. The minimum atomic E-state index is -0.358. The number of allylic oxidation sites excluding steroid dienone is 9. The van der Waals surface area contributed by atoms with Crippen LogP contribution in [0.5, 0.6) is 0 Å². The van der Waals surface area contributed by atoms with Gasteiger partial charge in [0.2, 0.25) is 5.70 Å². The molecule has 0 aromatic heterocycles. The smallest absolute Gasteiger partial charge is 0.250 e. The summed E-state index contributed by atoms with van der Waals surface area (Å²) in [6.07, 6.45) is 15.7. The summed E-state index contributed by atoms with van der Waals surface area (Å²) >= 11 is 0. The first-order valence-electron chi connectivity index (χ1n) is 6.00. The first-order chi connectivity index (χ1) is 9.20. The van der Waals surface area contributed by atoms with E-state index in [9.17, 15) is 10.1 Å². The Morgan fingerprint density at radius 3 is 2.89 bits per heavy atom. The van der Waals surface area contributed by atoms with E-state index < -0.39 is 0 Å². The van der Waals surface area contributed by atoms with Gasteiger partial charge in [-0.05, 0) is 24.6 Å². The third-order valence-corrected chi connectivity index (χ3v) is 2.81. The average Bonchev–Trinajstić information content (AvgIpc) is 2.78. The van der Waals surface area contributed by atoms with Gasteiger partial charge in [-0.3, -0.25) is 10.1 Å². The number of hydrogen-bond acceptors (Lipinski definition) is 3. The molecule has 0 aromatic carbocycles. The summed E-state index contributed by atoms with van der Waals surface area (Å²) in [5.74, 6) is 0. The van der Waals surface area contributed by atoms with Crippen LogP contribution in [0.1, 0.15) is 12.8 Å². The van der Waals surface area contributed by atoms with Gasteiger partial charge in [-0.2, -0.15) is 0 Å². The molecular formula is C15H14N2O2. The van der Waals surface area contributed by atoms with Crippen molar-refractivity contribution in [2.24, 2.45) is 4.99 Å². The summed E-state index contributed by atoms with van der Waals surface area (Å²) in [6, 6.07) is 0. The predicted octanol–water partition coefficient (Wildman–Crippen LogP) is 3.50. The molecule has 4 nitrogen and oxygen atoms in total. The zero-order valence-corrected chi connectivity index (χ0v) is 10.5. The van der Waals surface area contributed by atoms with Gasteiger partial charge in [0.15, 0.2) is 0 Å². The molecule has 0 saturated carbocycles. The van der Waals surface area contributed by atoms with Crippen molar-refractivity contribution in [2.45, 2.75) is 12.8 Å². The fourth-order valence-electron chi connectivity index (χ4n) is 1.80. The molecule has 2 rings (SSSR count). The van der Waals surface area contributed by atoms with Crippen LogP contribution >= 0.6 is 0 Å². The summed E-state index contributed by atoms with van der Waals surface area (Å²) in [5.41, 5.74) is 2.66. The Hall–Kier alpha value is -2.49. The Bertz CT molecular complexity index is 587. The van der Waals surface area contributed by atoms with Crippen LogP contribution in [0.15, 0.2) is 77.1 Å². The molecule has 0 unspecified atom stereocenters. The zero-order valence-electron chi connectivity index (χ0n) is 10.5. The van der Waals surface area contributed by atoms with Gasteiger partial charge in [-0.15, -0.1) is 0 Å². The highest BCUT2D eigenvalue weighted by atomic mass is 16.6. The summed E-state index contributed by atoms with van der Waals surface area (Å²) < 4.78 is 0. The quantitative estimate of drug-likeness (QED) is 0.571. The fourth-order valence-corrected chi connectivity index (χ4v) is 1.80. The van der Waals surface area contributed by atoms with Gasteiger partial charge in [0, 0.05) is 11.6 Å². The first-order valence-corrected chi connectivity index (χ1v) is 6.00. The van der Waals surface area contributed by atoms with Gasteiger partial charge in [0.05, 0.1) is 22.8 Å². The number of nitro groups is 1. The van der Waals surface area contributed by atoms with E-state index in [0.717, 1.165) is 23.4 Å².